The van der Waals surface area contributed by atoms with Crippen molar-refractivity contribution in [2.75, 3.05) is 13.2 Å². The molecular weight excluding hydrogens is 315 g/mol. The second-order valence-electron chi connectivity index (χ2n) is 4.83. The van der Waals surface area contributed by atoms with Gasteiger partial charge < -0.3 is 15.7 Å². The first kappa shape index (κ1) is 17.8. The number of aliphatic hydroxyl groups excluding tert-OH is 1. The van der Waals surface area contributed by atoms with Crippen LogP contribution < -0.4 is 10.6 Å². The number of hydrogen-bond donors (Lipinski definition) is 3. The number of nitrogens with one attached hydrogen (secondary N) is 2. The zero-order valence-electron chi connectivity index (χ0n) is 11.8. The molecule has 0 aliphatic carbocycles. The summed E-state index contributed by atoms with van der Waals surface area (Å²) >= 11 is 11.8. The predicted octanol–water partition coefficient (Wildman–Crippen LogP) is 1.86. The molecule has 1 atom stereocenters. The quantitative estimate of drug-likeness (QED) is 0.743. The number of rotatable bonds is 6. The first-order valence-electron chi connectivity index (χ1n) is 6.51. The standard InChI is InChI=1S/C14H18Cl2N2O3/c1-8(2)12(14(21)17-5-6-19)18-13(20)10-4-3-9(15)7-11(10)16/h3-4,7-8,12,19H,5-6H2,1-2H3,(H,17,21)(H,18,20). The van der Waals surface area contributed by atoms with Gasteiger partial charge >= 0.3 is 0 Å². The van der Waals surface area contributed by atoms with Crippen molar-refractivity contribution in [2.24, 2.45) is 5.92 Å². The fraction of sp³-hybridized carbons (Fsp3) is 0.429. The molecule has 0 aliphatic heterocycles. The molecule has 0 fully saturated rings. The summed E-state index contributed by atoms with van der Waals surface area (Å²) in [5.41, 5.74) is 0.252. The van der Waals surface area contributed by atoms with Gasteiger partial charge in [-0.25, -0.2) is 0 Å². The van der Waals surface area contributed by atoms with Gasteiger partial charge in [-0.2, -0.15) is 0 Å². The van der Waals surface area contributed by atoms with Crippen LogP contribution in [0, 0.1) is 5.92 Å². The molecule has 2 amide bonds. The monoisotopic (exact) mass is 332 g/mol. The molecule has 0 spiro atoms. The fourth-order valence-electron chi connectivity index (χ4n) is 1.72. The van der Waals surface area contributed by atoms with E-state index in [-0.39, 0.29) is 35.6 Å². The van der Waals surface area contributed by atoms with E-state index in [4.69, 9.17) is 28.3 Å². The van der Waals surface area contributed by atoms with Crippen LogP contribution in [0.1, 0.15) is 24.2 Å². The van der Waals surface area contributed by atoms with Crippen molar-refractivity contribution >= 4 is 35.0 Å². The van der Waals surface area contributed by atoms with E-state index < -0.39 is 11.9 Å². The van der Waals surface area contributed by atoms with Crippen molar-refractivity contribution in [1.29, 1.82) is 0 Å². The SMILES string of the molecule is CC(C)C(NC(=O)c1ccc(Cl)cc1Cl)C(=O)NCCO. The van der Waals surface area contributed by atoms with Gasteiger partial charge in [0.15, 0.2) is 0 Å². The van der Waals surface area contributed by atoms with Gasteiger partial charge in [0, 0.05) is 11.6 Å². The molecule has 0 aromatic heterocycles. The first-order chi connectivity index (χ1) is 9.86. The first-order valence-corrected chi connectivity index (χ1v) is 7.27. The molecule has 3 N–H and O–H groups in total. The van der Waals surface area contributed by atoms with E-state index in [1.807, 2.05) is 13.8 Å². The van der Waals surface area contributed by atoms with Gasteiger partial charge in [-0.15, -0.1) is 0 Å². The lowest BCUT2D eigenvalue weighted by Gasteiger charge is -2.21. The molecule has 1 aromatic rings. The average molecular weight is 333 g/mol. The molecule has 116 valence electrons. The summed E-state index contributed by atoms with van der Waals surface area (Å²) in [5, 5.41) is 14.6. The molecule has 1 aromatic carbocycles. The molecule has 1 unspecified atom stereocenters. The Balaban J connectivity index is 2.83. The van der Waals surface area contributed by atoms with Crippen molar-refractivity contribution in [3.8, 4) is 0 Å². The number of halogens is 2. The fourth-order valence-corrected chi connectivity index (χ4v) is 2.21. The smallest absolute Gasteiger partial charge is 0.253 e. The third kappa shape index (κ3) is 5.19. The second kappa shape index (κ2) is 8.22. The van der Waals surface area contributed by atoms with E-state index in [1.54, 1.807) is 6.07 Å². The maximum atomic E-state index is 12.2. The summed E-state index contributed by atoms with van der Waals surface area (Å²) < 4.78 is 0. The van der Waals surface area contributed by atoms with Crippen molar-refractivity contribution < 1.29 is 14.7 Å². The Morgan fingerprint density at radius 3 is 2.48 bits per heavy atom. The number of carbonyl (C=O) groups excluding carboxylic acids is 2. The highest BCUT2D eigenvalue weighted by molar-refractivity contribution is 6.36. The lowest BCUT2D eigenvalue weighted by molar-refractivity contribution is -0.124. The Hall–Kier alpha value is -1.30. The van der Waals surface area contributed by atoms with Gasteiger partial charge in [-0.05, 0) is 24.1 Å². The summed E-state index contributed by atoms with van der Waals surface area (Å²) in [6.07, 6.45) is 0. The maximum absolute atomic E-state index is 12.2. The van der Waals surface area contributed by atoms with Gasteiger partial charge in [0.2, 0.25) is 5.91 Å². The average Bonchev–Trinajstić information content (AvgIpc) is 2.41. The predicted molar refractivity (Wildman–Crippen MR) is 82.6 cm³/mol. The molecule has 0 aliphatic rings. The van der Waals surface area contributed by atoms with Gasteiger partial charge in [0.1, 0.15) is 6.04 Å². The summed E-state index contributed by atoms with van der Waals surface area (Å²) in [4.78, 5) is 24.2. The number of hydrogen-bond acceptors (Lipinski definition) is 3. The lowest BCUT2D eigenvalue weighted by atomic mass is 10.0. The molecule has 21 heavy (non-hydrogen) atoms. The highest BCUT2D eigenvalue weighted by Gasteiger charge is 2.25. The van der Waals surface area contributed by atoms with Crippen molar-refractivity contribution in [1.82, 2.24) is 10.6 Å². The Morgan fingerprint density at radius 2 is 1.95 bits per heavy atom. The summed E-state index contributed by atoms with van der Waals surface area (Å²) in [6, 6.07) is 3.81. The summed E-state index contributed by atoms with van der Waals surface area (Å²) in [5.74, 6) is -0.911. The van der Waals surface area contributed by atoms with Crippen LogP contribution in [0.3, 0.4) is 0 Å². The maximum Gasteiger partial charge on any atom is 0.253 e. The number of aliphatic hydroxyl groups is 1. The van der Waals surface area contributed by atoms with E-state index in [0.717, 1.165) is 0 Å². The zero-order valence-corrected chi connectivity index (χ0v) is 13.3. The second-order valence-corrected chi connectivity index (χ2v) is 5.68. The van der Waals surface area contributed by atoms with Crippen LogP contribution >= 0.6 is 23.2 Å². The summed E-state index contributed by atoms with van der Waals surface area (Å²) in [7, 11) is 0. The van der Waals surface area contributed by atoms with Gasteiger partial charge in [0.25, 0.3) is 5.91 Å². The van der Waals surface area contributed by atoms with Crippen LogP contribution in [0.4, 0.5) is 0 Å². The minimum Gasteiger partial charge on any atom is -0.395 e. The number of amides is 2. The van der Waals surface area contributed by atoms with E-state index in [1.165, 1.54) is 12.1 Å². The molecule has 0 radical (unpaired) electrons. The molecule has 0 heterocycles. The Morgan fingerprint density at radius 1 is 1.29 bits per heavy atom. The Labute approximate surface area is 133 Å². The minimum absolute atomic E-state index is 0.112. The van der Waals surface area contributed by atoms with Crippen molar-refractivity contribution in [3.05, 3.63) is 33.8 Å². The van der Waals surface area contributed by atoms with Crippen LogP contribution in [0.5, 0.6) is 0 Å². The van der Waals surface area contributed by atoms with Gasteiger partial charge in [-0.1, -0.05) is 37.0 Å². The van der Waals surface area contributed by atoms with Gasteiger partial charge in [0.05, 0.1) is 17.2 Å². The molecular formula is C14H18Cl2N2O3. The topological polar surface area (TPSA) is 78.4 Å². The van der Waals surface area contributed by atoms with Crippen LogP contribution in [0.2, 0.25) is 10.0 Å². The molecule has 7 heteroatoms. The molecule has 0 saturated carbocycles. The van der Waals surface area contributed by atoms with Gasteiger partial charge in [-0.3, -0.25) is 9.59 Å². The Bertz CT molecular complexity index is 521. The normalized spacial score (nSPS) is 12.1. The van der Waals surface area contributed by atoms with E-state index in [2.05, 4.69) is 10.6 Å². The van der Waals surface area contributed by atoms with E-state index in [0.29, 0.717) is 5.02 Å². The van der Waals surface area contributed by atoms with Crippen LogP contribution in [0.15, 0.2) is 18.2 Å². The van der Waals surface area contributed by atoms with Crippen LogP contribution in [0.25, 0.3) is 0 Å². The number of benzene rings is 1. The van der Waals surface area contributed by atoms with Crippen molar-refractivity contribution in [3.63, 3.8) is 0 Å². The highest BCUT2D eigenvalue weighted by atomic mass is 35.5. The van der Waals surface area contributed by atoms with Crippen LogP contribution in [-0.4, -0.2) is 36.1 Å². The molecule has 0 bridgehead atoms. The largest absolute Gasteiger partial charge is 0.395 e. The minimum atomic E-state index is -0.712. The lowest BCUT2D eigenvalue weighted by Crippen LogP contribution is -2.50. The Kier molecular flexibility index (Phi) is 6.95. The zero-order chi connectivity index (χ0) is 16.0. The van der Waals surface area contributed by atoms with E-state index in [9.17, 15) is 9.59 Å². The third-order valence-electron chi connectivity index (χ3n) is 2.82. The van der Waals surface area contributed by atoms with Crippen LogP contribution in [-0.2, 0) is 4.79 Å². The molecule has 1 rings (SSSR count). The molecule has 5 nitrogen and oxygen atoms in total. The van der Waals surface area contributed by atoms with Crippen molar-refractivity contribution in [2.45, 2.75) is 19.9 Å². The number of carbonyl (C=O) groups is 2. The highest BCUT2D eigenvalue weighted by Crippen LogP contribution is 2.21. The van der Waals surface area contributed by atoms with E-state index >= 15 is 0 Å². The molecule has 0 saturated heterocycles. The third-order valence-corrected chi connectivity index (χ3v) is 3.37. The summed E-state index contributed by atoms with van der Waals surface area (Å²) in [6.45, 7) is 3.60.